The van der Waals surface area contributed by atoms with Crippen LogP contribution in [0, 0.1) is 13.8 Å². The molecule has 0 radical (unpaired) electrons. The lowest BCUT2D eigenvalue weighted by molar-refractivity contribution is -0.113. The molecule has 1 aliphatic rings. The highest BCUT2D eigenvalue weighted by Crippen LogP contribution is 2.29. The zero-order chi connectivity index (χ0) is 21.1. The van der Waals surface area contributed by atoms with Crippen molar-refractivity contribution in [3.05, 3.63) is 66.0 Å². The van der Waals surface area contributed by atoms with Crippen LogP contribution in [0.3, 0.4) is 0 Å². The Kier molecular flexibility index (Phi) is 5.76. The van der Waals surface area contributed by atoms with Crippen LogP contribution in [-0.4, -0.2) is 40.5 Å². The molecule has 2 aromatic carbocycles. The van der Waals surface area contributed by atoms with Gasteiger partial charge in [-0.3, -0.25) is 14.3 Å². The monoisotopic (exact) mass is 422 g/mol. The zero-order valence-electron chi connectivity index (χ0n) is 16.8. The number of hydrogen-bond donors (Lipinski definition) is 1. The Morgan fingerprint density at radius 1 is 1.17 bits per heavy atom. The molecule has 0 saturated carbocycles. The summed E-state index contributed by atoms with van der Waals surface area (Å²) in [5, 5.41) is 3.65. The number of ether oxygens (including phenoxy) is 1. The van der Waals surface area contributed by atoms with Crippen molar-refractivity contribution in [2.24, 2.45) is 0 Å². The first-order valence-corrected chi connectivity index (χ1v) is 10.6. The van der Waals surface area contributed by atoms with E-state index in [2.05, 4.69) is 30.2 Å². The second kappa shape index (κ2) is 8.62. The third kappa shape index (κ3) is 4.04. The first-order chi connectivity index (χ1) is 14.5. The molecule has 4 rings (SSSR count). The molecular weight excluding hydrogens is 400 g/mol. The zero-order valence-corrected chi connectivity index (χ0v) is 17.6. The van der Waals surface area contributed by atoms with Crippen LogP contribution in [0.15, 0.2) is 60.0 Å². The molecule has 0 unspecified atom stereocenters. The number of amides is 2. The first-order valence-electron chi connectivity index (χ1n) is 9.60. The third-order valence-corrected chi connectivity index (χ3v) is 5.97. The number of aryl methyl sites for hydroxylation is 1. The van der Waals surface area contributed by atoms with Gasteiger partial charge in [-0.2, -0.15) is 0 Å². The van der Waals surface area contributed by atoms with Crippen LogP contribution in [0.5, 0.6) is 0 Å². The summed E-state index contributed by atoms with van der Waals surface area (Å²) in [4.78, 5) is 30.4. The van der Waals surface area contributed by atoms with Crippen molar-refractivity contribution in [2.75, 3.05) is 29.1 Å². The number of thioether (sulfide) groups is 1. The minimum atomic E-state index is -0.401. The molecule has 30 heavy (non-hydrogen) atoms. The standard InChI is InChI=1S/C22H22N4O3S/c1-15-6-5-9-18(16(15)2)25-11-10-23-21(25)30-14-20(27)24-17-7-3-4-8-19(17)26-12-13-29-22(26)28/h3-11H,12-14H2,1-2H3,(H,24,27). The highest BCUT2D eigenvalue weighted by Gasteiger charge is 2.26. The summed E-state index contributed by atoms with van der Waals surface area (Å²) in [7, 11) is 0. The van der Waals surface area contributed by atoms with E-state index >= 15 is 0 Å². The number of rotatable bonds is 6. The average Bonchev–Trinajstić information content (AvgIpc) is 3.38. The fraction of sp³-hybridized carbons (Fsp3) is 0.227. The molecule has 8 heteroatoms. The molecule has 2 amide bonds. The maximum atomic E-state index is 12.6. The van der Waals surface area contributed by atoms with Gasteiger partial charge >= 0.3 is 6.09 Å². The number of nitrogens with zero attached hydrogens (tertiary/aromatic N) is 3. The topological polar surface area (TPSA) is 76.5 Å². The van der Waals surface area contributed by atoms with E-state index in [1.165, 1.54) is 27.8 Å². The van der Waals surface area contributed by atoms with Crippen molar-refractivity contribution in [3.63, 3.8) is 0 Å². The summed E-state index contributed by atoms with van der Waals surface area (Å²) in [5.74, 6) is 0.0243. The van der Waals surface area contributed by atoms with Crippen LogP contribution < -0.4 is 10.2 Å². The summed E-state index contributed by atoms with van der Waals surface area (Å²) in [5.41, 5.74) is 4.64. The maximum absolute atomic E-state index is 12.6. The minimum Gasteiger partial charge on any atom is -0.447 e. The Morgan fingerprint density at radius 2 is 1.97 bits per heavy atom. The molecule has 3 aromatic rings. The summed E-state index contributed by atoms with van der Waals surface area (Å²) < 4.78 is 7.00. The van der Waals surface area contributed by atoms with E-state index in [4.69, 9.17) is 4.74 Å². The molecule has 1 saturated heterocycles. The molecule has 0 atom stereocenters. The lowest BCUT2D eigenvalue weighted by atomic mass is 10.1. The van der Waals surface area contributed by atoms with Crippen LogP contribution in [0.25, 0.3) is 5.69 Å². The van der Waals surface area contributed by atoms with E-state index < -0.39 is 6.09 Å². The minimum absolute atomic E-state index is 0.171. The molecule has 2 heterocycles. The van der Waals surface area contributed by atoms with Gasteiger partial charge in [-0.1, -0.05) is 36.0 Å². The van der Waals surface area contributed by atoms with E-state index in [0.29, 0.717) is 24.5 Å². The Morgan fingerprint density at radius 3 is 2.77 bits per heavy atom. The van der Waals surface area contributed by atoms with Gasteiger partial charge in [0.1, 0.15) is 6.61 Å². The van der Waals surface area contributed by atoms with Crippen LogP contribution in [0.2, 0.25) is 0 Å². The molecule has 154 valence electrons. The Labute approximate surface area is 179 Å². The maximum Gasteiger partial charge on any atom is 0.414 e. The highest BCUT2D eigenvalue weighted by atomic mass is 32.2. The quantitative estimate of drug-likeness (QED) is 0.603. The van der Waals surface area contributed by atoms with Crippen molar-refractivity contribution in [3.8, 4) is 5.69 Å². The molecule has 0 bridgehead atoms. The van der Waals surface area contributed by atoms with Crippen LogP contribution in [0.1, 0.15) is 11.1 Å². The Hall–Kier alpha value is -3.26. The number of cyclic esters (lactones) is 1. The van der Waals surface area contributed by atoms with Crippen LogP contribution >= 0.6 is 11.8 Å². The lowest BCUT2D eigenvalue weighted by Crippen LogP contribution is -2.25. The van der Waals surface area contributed by atoms with Gasteiger partial charge < -0.3 is 10.1 Å². The van der Waals surface area contributed by atoms with E-state index in [0.717, 1.165) is 10.8 Å². The molecule has 0 aliphatic carbocycles. The van der Waals surface area contributed by atoms with Gasteiger partial charge in [-0.05, 0) is 43.2 Å². The fourth-order valence-corrected chi connectivity index (χ4v) is 4.09. The smallest absolute Gasteiger partial charge is 0.414 e. The van der Waals surface area contributed by atoms with Gasteiger partial charge in [0.2, 0.25) is 5.91 Å². The average molecular weight is 423 g/mol. The van der Waals surface area contributed by atoms with Crippen molar-refractivity contribution >= 4 is 35.1 Å². The third-order valence-electron chi connectivity index (χ3n) is 5.00. The summed E-state index contributed by atoms with van der Waals surface area (Å²) in [6, 6.07) is 13.3. The number of benzene rings is 2. The molecular formula is C22H22N4O3S. The highest BCUT2D eigenvalue weighted by molar-refractivity contribution is 7.99. The lowest BCUT2D eigenvalue weighted by Gasteiger charge is -2.17. The number of carbonyl (C=O) groups is 2. The fourth-order valence-electron chi connectivity index (χ4n) is 3.32. The first kappa shape index (κ1) is 20.0. The van der Waals surface area contributed by atoms with Gasteiger partial charge in [-0.15, -0.1) is 0 Å². The molecule has 1 fully saturated rings. The largest absolute Gasteiger partial charge is 0.447 e. The number of aromatic nitrogens is 2. The summed E-state index contributed by atoms with van der Waals surface area (Å²) in [6.07, 6.45) is 3.23. The predicted octanol–water partition coefficient (Wildman–Crippen LogP) is 4.18. The number of nitrogens with one attached hydrogen (secondary N) is 1. The van der Waals surface area contributed by atoms with Crippen molar-refractivity contribution in [2.45, 2.75) is 19.0 Å². The molecule has 1 aliphatic heterocycles. The van der Waals surface area contributed by atoms with Crippen molar-refractivity contribution in [1.29, 1.82) is 0 Å². The van der Waals surface area contributed by atoms with Crippen LogP contribution in [-0.2, 0) is 9.53 Å². The Balaban J connectivity index is 1.46. The number of para-hydroxylation sites is 2. The van der Waals surface area contributed by atoms with E-state index in [1.807, 2.05) is 35.0 Å². The number of anilines is 2. The summed E-state index contributed by atoms with van der Waals surface area (Å²) in [6.45, 7) is 4.96. The second-order valence-corrected chi connectivity index (χ2v) is 7.86. The molecule has 1 aromatic heterocycles. The Bertz CT molecular complexity index is 1100. The summed E-state index contributed by atoms with van der Waals surface area (Å²) >= 11 is 1.36. The molecule has 7 nitrogen and oxygen atoms in total. The normalized spacial score (nSPS) is 13.4. The van der Waals surface area contributed by atoms with E-state index in [1.54, 1.807) is 18.3 Å². The van der Waals surface area contributed by atoms with Gasteiger partial charge in [0.05, 0.1) is 29.4 Å². The molecule has 0 spiro atoms. The van der Waals surface area contributed by atoms with Crippen molar-refractivity contribution < 1.29 is 14.3 Å². The van der Waals surface area contributed by atoms with E-state index in [9.17, 15) is 9.59 Å². The SMILES string of the molecule is Cc1cccc(-n2ccnc2SCC(=O)Nc2ccccc2N2CCOC2=O)c1C. The number of imidazole rings is 1. The number of carbonyl (C=O) groups excluding carboxylic acids is 2. The van der Waals surface area contributed by atoms with Crippen LogP contribution in [0.4, 0.5) is 16.2 Å². The van der Waals surface area contributed by atoms with Gasteiger partial charge in [0.15, 0.2) is 5.16 Å². The molecule has 1 N–H and O–H groups in total. The second-order valence-electron chi connectivity index (χ2n) is 6.92. The van der Waals surface area contributed by atoms with E-state index in [-0.39, 0.29) is 11.7 Å². The van der Waals surface area contributed by atoms with Crippen molar-refractivity contribution in [1.82, 2.24) is 9.55 Å². The van der Waals surface area contributed by atoms with Gasteiger partial charge in [-0.25, -0.2) is 9.78 Å². The van der Waals surface area contributed by atoms with Gasteiger partial charge in [0, 0.05) is 12.4 Å². The number of hydrogen-bond acceptors (Lipinski definition) is 5. The predicted molar refractivity (Wildman–Crippen MR) is 118 cm³/mol. The van der Waals surface area contributed by atoms with Gasteiger partial charge in [0.25, 0.3) is 0 Å².